The van der Waals surface area contributed by atoms with Crippen LogP contribution >= 0.6 is 15.9 Å². The lowest BCUT2D eigenvalue weighted by Gasteiger charge is -2.43. The molecule has 0 spiro atoms. The van der Waals surface area contributed by atoms with Crippen molar-refractivity contribution in [3.8, 4) is 5.75 Å². The van der Waals surface area contributed by atoms with E-state index in [1.807, 2.05) is 18.2 Å². The average molecular weight is 354 g/mol. The van der Waals surface area contributed by atoms with Gasteiger partial charge in [0.05, 0.1) is 12.1 Å². The Hall–Kier alpha value is -1.07. The van der Waals surface area contributed by atoms with Gasteiger partial charge in [-0.1, -0.05) is 29.3 Å². The van der Waals surface area contributed by atoms with Crippen LogP contribution in [0.15, 0.2) is 22.7 Å². The Bertz CT molecular complexity index is 562. The molecular weight excluding hydrogens is 334 g/mol. The van der Waals surface area contributed by atoms with Crippen LogP contribution in [0.25, 0.3) is 0 Å². The quantitative estimate of drug-likeness (QED) is 0.836. The highest BCUT2D eigenvalue weighted by atomic mass is 79.9. The van der Waals surface area contributed by atoms with E-state index < -0.39 is 0 Å². The maximum atomic E-state index is 12.1. The summed E-state index contributed by atoms with van der Waals surface area (Å²) in [5, 5.41) is 10.6. The van der Waals surface area contributed by atoms with Gasteiger partial charge in [-0.2, -0.15) is 0 Å². The fourth-order valence-electron chi connectivity index (χ4n) is 3.63. The molecule has 3 rings (SSSR count). The van der Waals surface area contributed by atoms with Gasteiger partial charge in [-0.05, 0) is 37.0 Å². The Morgan fingerprint density at radius 3 is 2.90 bits per heavy atom. The van der Waals surface area contributed by atoms with Gasteiger partial charge in [0.2, 0.25) is 0 Å². The van der Waals surface area contributed by atoms with Crippen LogP contribution in [0, 0.1) is 11.8 Å². The fourth-order valence-corrected chi connectivity index (χ4v) is 4.01. The normalized spacial score (nSPS) is 32.6. The Labute approximate surface area is 133 Å². The van der Waals surface area contributed by atoms with Crippen molar-refractivity contribution in [1.29, 1.82) is 0 Å². The summed E-state index contributed by atoms with van der Waals surface area (Å²) < 4.78 is 6.32. The molecule has 4 nitrogen and oxygen atoms in total. The number of aliphatic hydroxyl groups excluding tert-OH is 1. The summed E-state index contributed by atoms with van der Waals surface area (Å²) in [5.41, 5.74) is 0.977. The van der Waals surface area contributed by atoms with E-state index in [0.717, 1.165) is 29.3 Å². The number of rotatable bonds is 1. The summed E-state index contributed by atoms with van der Waals surface area (Å²) in [4.78, 5) is 13.7. The first kappa shape index (κ1) is 14.9. The Kier molecular flexibility index (Phi) is 3.97. The number of amides is 1. The zero-order chi connectivity index (χ0) is 15.1. The van der Waals surface area contributed by atoms with Gasteiger partial charge in [0.25, 0.3) is 0 Å². The highest BCUT2D eigenvalue weighted by Crippen LogP contribution is 2.45. The third-order valence-electron chi connectivity index (χ3n) is 4.82. The van der Waals surface area contributed by atoms with Gasteiger partial charge in [-0.15, -0.1) is 0 Å². The molecule has 0 radical (unpaired) electrons. The molecule has 1 aliphatic heterocycles. The lowest BCUT2D eigenvalue weighted by atomic mass is 9.73. The third kappa shape index (κ3) is 2.57. The zero-order valence-corrected chi connectivity index (χ0v) is 13.8. The number of hydrogen-bond acceptors (Lipinski definition) is 3. The highest BCUT2D eigenvalue weighted by Gasteiger charge is 2.42. The molecule has 1 aliphatic carbocycles. The van der Waals surface area contributed by atoms with Gasteiger partial charge in [0, 0.05) is 23.0 Å². The molecule has 1 heterocycles. The second kappa shape index (κ2) is 5.61. The molecule has 0 saturated heterocycles. The van der Waals surface area contributed by atoms with Crippen LogP contribution in [0.5, 0.6) is 5.75 Å². The zero-order valence-electron chi connectivity index (χ0n) is 12.3. The van der Waals surface area contributed by atoms with Gasteiger partial charge >= 0.3 is 6.09 Å². The first-order chi connectivity index (χ1) is 9.99. The van der Waals surface area contributed by atoms with E-state index in [4.69, 9.17) is 4.74 Å². The van der Waals surface area contributed by atoms with Crippen LogP contribution in [-0.4, -0.2) is 29.3 Å². The van der Waals surface area contributed by atoms with E-state index in [0.29, 0.717) is 5.75 Å². The smallest absolute Gasteiger partial charge is 0.410 e. The number of carbonyl (C=O) groups is 1. The molecule has 2 aliphatic rings. The molecule has 4 atom stereocenters. The van der Waals surface area contributed by atoms with Crippen LogP contribution in [0.2, 0.25) is 0 Å². The van der Waals surface area contributed by atoms with Gasteiger partial charge in [-0.25, -0.2) is 4.79 Å². The Balaban J connectivity index is 2.03. The van der Waals surface area contributed by atoms with Gasteiger partial charge in [0.1, 0.15) is 5.75 Å². The number of benzene rings is 1. The Morgan fingerprint density at radius 1 is 1.38 bits per heavy atom. The molecule has 0 bridgehead atoms. The van der Waals surface area contributed by atoms with Gasteiger partial charge < -0.3 is 14.7 Å². The lowest BCUT2D eigenvalue weighted by molar-refractivity contribution is -0.0176. The van der Waals surface area contributed by atoms with Crippen LogP contribution < -0.4 is 4.74 Å². The van der Waals surface area contributed by atoms with Crippen molar-refractivity contribution in [3.63, 3.8) is 0 Å². The molecule has 1 saturated carbocycles. The summed E-state index contributed by atoms with van der Waals surface area (Å²) in [5.74, 6) is 0.932. The molecule has 4 unspecified atom stereocenters. The molecule has 1 aromatic carbocycles. The predicted octanol–water partition coefficient (Wildman–Crippen LogP) is 3.73. The summed E-state index contributed by atoms with van der Waals surface area (Å²) in [7, 11) is 1.75. The Morgan fingerprint density at radius 2 is 2.14 bits per heavy atom. The van der Waals surface area contributed by atoms with E-state index >= 15 is 0 Å². The van der Waals surface area contributed by atoms with Crippen LogP contribution in [0.1, 0.15) is 37.8 Å². The van der Waals surface area contributed by atoms with Crippen molar-refractivity contribution in [2.45, 2.75) is 38.3 Å². The predicted molar refractivity (Wildman–Crippen MR) is 83.2 cm³/mol. The summed E-state index contributed by atoms with van der Waals surface area (Å²) in [6.45, 7) is 2.08. The summed E-state index contributed by atoms with van der Waals surface area (Å²) >= 11 is 3.48. The van der Waals surface area contributed by atoms with Crippen LogP contribution in [0.3, 0.4) is 0 Å². The molecule has 0 aromatic heterocycles. The minimum Gasteiger partial charge on any atom is -0.410 e. The lowest BCUT2D eigenvalue weighted by Crippen LogP contribution is -2.46. The molecule has 1 fully saturated rings. The van der Waals surface area contributed by atoms with Gasteiger partial charge in [0.15, 0.2) is 0 Å². The maximum absolute atomic E-state index is 12.1. The number of ether oxygens (including phenoxy) is 1. The summed E-state index contributed by atoms with van der Waals surface area (Å²) in [6.07, 6.45) is 2.33. The molecule has 21 heavy (non-hydrogen) atoms. The number of hydrogen-bond donors (Lipinski definition) is 1. The molecule has 1 aromatic rings. The molecule has 1 N–H and O–H groups in total. The first-order valence-electron chi connectivity index (χ1n) is 7.41. The standard InChI is InChI=1S/C16H20BrNO3/c1-9-4-3-5-11(15(9)19)14-12-8-10(17)6-7-13(12)21-16(20)18(14)2/h6-9,11,14-15,19H,3-5H2,1-2H3. The van der Waals surface area contributed by atoms with E-state index in [2.05, 4.69) is 22.9 Å². The number of carbonyl (C=O) groups excluding carboxylic acids is 1. The van der Waals surface area contributed by atoms with E-state index in [1.165, 1.54) is 0 Å². The van der Waals surface area contributed by atoms with Crippen molar-refractivity contribution in [2.24, 2.45) is 11.8 Å². The first-order valence-corrected chi connectivity index (χ1v) is 8.20. The molecule has 1 amide bonds. The minimum absolute atomic E-state index is 0.0552. The SMILES string of the molecule is CC1CCCC(C2c3cc(Br)ccc3OC(=O)N2C)C1O. The number of fused-ring (bicyclic) bond motifs is 1. The largest absolute Gasteiger partial charge is 0.415 e. The topological polar surface area (TPSA) is 49.8 Å². The second-order valence-electron chi connectivity index (χ2n) is 6.17. The second-order valence-corrected chi connectivity index (χ2v) is 7.08. The van der Waals surface area contributed by atoms with E-state index in [1.54, 1.807) is 11.9 Å². The maximum Gasteiger partial charge on any atom is 0.415 e. The van der Waals surface area contributed by atoms with Crippen LogP contribution in [0.4, 0.5) is 4.79 Å². The third-order valence-corrected chi connectivity index (χ3v) is 5.31. The number of nitrogens with zero attached hydrogens (tertiary/aromatic N) is 1. The summed E-state index contributed by atoms with van der Waals surface area (Å²) in [6, 6.07) is 5.55. The number of halogens is 1. The van der Waals surface area contributed by atoms with Crippen molar-refractivity contribution < 1.29 is 14.6 Å². The molecular formula is C16H20BrNO3. The average Bonchev–Trinajstić information content (AvgIpc) is 2.45. The van der Waals surface area contributed by atoms with Crippen molar-refractivity contribution in [3.05, 3.63) is 28.2 Å². The molecule has 5 heteroatoms. The van der Waals surface area contributed by atoms with Crippen molar-refractivity contribution >= 4 is 22.0 Å². The fraction of sp³-hybridized carbons (Fsp3) is 0.562. The van der Waals surface area contributed by atoms with E-state index in [9.17, 15) is 9.90 Å². The monoisotopic (exact) mass is 353 g/mol. The highest BCUT2D eigenvalue weighted by molar-refractivity contribution is 9.10. The minimum atomic E-state index is -0.385. The van der Waals surface area contributed by atoms with E-state index in [-0.39, 0.29) is 30.1 Å². The van der Waals surface area contributed by atoms with Gasteiger partial charge in [-0.3, -0.25) is 0 Å². The van der Waals surface area contributed by atoms with Crippen molar-refractivity contribution in [1.82, 2.24) is 4.90 Å². The van der Waals surface area contributed by atoms with Crippen molar-refractivity contribution in [2.75, 3.05) is 7.05 Å². The molecule has 114 valence electrons. The van der Waals surface area contributed by atoms with Crippen LogP contribution in [-0.2, 0) is 0 Å². The number of aliphatic hydroxyl groups is 1.